The first-order valence-electron chi connectivity index (χ1n) is 21.2. The second-order valence-corrected chi connectivity index (χ2v) is 16.4. The molecule has 0 bridgehead atoms. The van der Waals surface area contributed by atoms with Gasteiger partial charge in [0.25, 0.3) is 0 Å². The molecule has 9 heterocycles. The number of fused-ring (bicyclic) bond motifs is 2. The maximum atomic E-state index is 5.98. The predicted molar refractivity (Wildman–Crippen MR) is 236 cm³/mol. The molecule has 0 aliphatic carbocycles. The minimum absolute atomic E-state index is 0.387. The lowest BCUT2D eigenvalue weighted by molar-refractivity contribution is 0.222. The SMILES string of the molecule is CC(C)c1cnnc(Nc2ccc3ncc(-c4cnn(CCCN5CCCCC5)c4)cc3n2)c1.Clc1ccc2ncc(-c3cnn(CCCN4CCCCC4)c3)cc2n1. The highest BCUT2D eigenvalue weighted by atomic mass is 35.5. The Kier molecular flexibility index (Phi) is 13.4. The van der Waals surface area contributed by atoms with E-state index in [1.165, 1.54) is 64.7 Å². The molecule has 14 heteroatoms. The number of likely N-dealkylation sites (tertiary alicyclic amines) is 2. The van der Waals surface area contributed by atoms with Crippen LogP contribution in [0.2, 0.25) is 5.15 Å². The number of hydrogen-bond donors (Lipinski definition) is 1. The summed E-state index contributed by atoms with van der Waals surface area (Å²) in [5.41, 5.74) is 8.63. The summed E-state index contributed by atoms with van der Waals surface area (Å²) in [6.07, 6.45) is 24.0. The van der Waals surface area contributed by atoms with E-state index in [0.717, 1.165) is 94.7 Å². The average Bonchev–Trinajstić information content (AvgIpc) is 3.95. The van der Waals surface area contributed by atoms with Crippen LogP contribution in [0.15, 0.2) is 85.8 Å². The van der Waals surface area contributed by atoms with Gasteiger partial charge in [0.1, 0.15) is 11.0 Å². The first kappa shape index (κ1) is 40.4. The van der Waals surface area contributed by atoms with E-state index in [1.54, 1.807) is 12.3 Å². The van der Waals surface area contributed by atoms with E-state index in [2.05, 4.69) is 82.8 Å². The molecule has 0 atom stereocenters. The lowest BCUT2D eigenvalue weighted by atomic mass is 10.1. The van der Waals surface area contributed by atoms with Gasteiger partial charge in [-0.05, 0) is 132 Å². The van der Waals surface area contributed by atoms with Crippen molar-refractivity contribution in [2.75, 3.05) is 44.6 Å². The minimum Gasteiger partial charge on any atom is -0.323 e. The molecule has 13 nitrogen and oxygen atoms in total. The van der Waals surface area contributed by atoms with Crippen LogP contribution in [0.1, 0.15) is 76.7 Å². The Bertz CT molecular complexity index is 2430. The Labute approximate surface area is 351 Å². The molecule has 0 amide bonds. The van der Waals surface area contributed by atoms with Gasteiger partial charge in [0, 0.05) is 60.1 Å². The molecule has 1 N–H and O–H groups in total. The summed E-state index contributed by atoms with van der Waals surface area (Å²) < 4.78 is 4.06. The Morgan fingerprint density at radius 2 is 1.14 bits per heavy atom. The third-order valence-corrected chi connectivity index (χ3v) is 11.4. The second-order valence-electron chi connectivity index (χ2n) is 16.0. The third kappa shape index (κ3) is 11.0. The summed E-state index contributed by atoms with van der Waals surface area (Å²) >= 11 is 5.98. The van der Waals surface area contributed by atoms with Gasteiger partial charge in [-0.25, -0.2) is 9.97 Å². The van der Waals surface area contributed by atoms with E-state index < -0.39 is 0 Å². The van der Waals surface area contributed by atoms with Crippen molar-refractivity contribution in [1.82, 2.24) is 59.5 Å². The molecule has 306 valence electrons. The van der Waals surface area contributed by atoms with Crippen LogP contribution in [0.3, 0.4) is 0 Å². The molecule has 2 aliphatic rings. The molecule has 7 aromatic heterocycles. The summed E-state index contributed by atoms with van der Waals surface area (Å²) in [4.78, 5) is 23.3. The van der Waals surface area contributed by atoms with E-state index in [4.69, 9.17) is 16.6 Å². The van der Waals surface area contributed by atoms with Crippen LogP contribution in [0, 0.1) is 0 Å². The highest BCUT2D eigenvalue weighted by Crippen LogP contribution is 2.25. The fourth-order valence-corrected chi connectivity index (χ4v) is 7.97. The van der Waals surface area contributed by atoms with Crippen molar-refractivity contribution in [3.8, 4) is 22.3 Å². The van der Waals surface area contributed by atoms with Gasteiger partial charge in [0.2, 0.25) is 0 Å². The first-order valence-corrected chi connectivity index (χ1v) is 21.6. The van der Waals surface area contributed by atoms with Crippen molar-refractivity contribution >= 4 is 45.3 Å². The molecule has 0 spiro atoms. The highest BCUT2D eigenvalue weighted by Gasteiger charge is 2.13. The summed E-state index contributed by atoms with van der Waals surface area (Å²) in [5, 5.41) is 21.1. The Morgan fingerprint density at radius 3 is 1.71 bits per heavy atom. The molecule has 9 rings (SSSR count). The van der Waals surface area contributed by atoms with Crippen LogP contribution >= 0.6 is 11.6 Å². The molecule has 59 heavy (non-hydrogen) atoms. The van der Waals surface area contributed by atoms with Crippen molar-refractivity contribution in [2.24, 2.45) is 0 Å². The normalized spacial score (nSPS) is 15.1. The maximum absolute atomic E-state index is 5.98. The van der Waals surface area contributed by atoms with Crippen molar-refractivity contribution < 1.29 is 0 Å². The number of aromatic nitrogens is 10. The fraction of sp³-hybridized carbons (Fsp3) is 0.422. The van der Waals surface area contributed by atoms with Gasteiger partial charge >= 0.3 is 0 Å². The molecule has 0 aromatic carbocycles. The molecule has 2 saturated heterocycles. The first-order chi connectivity index (χ1) is 28.9. The number of halogens is 1. The van der Waals surface area contributed by atoms with E-state index in [9.17, 15) is 0 Å². The number of piperidine rings is 2. The lowest BCUT2D eigenvalue weighted by Crippen LogP contribution is -2.31. The summed E-state index contributed by atoms with van der Waals surface area (Å²) in [6.45, 7) is 13.5. The summed E-state index contributed by atoms with van der Waals surface area (Å²) in [5.74, 6) is 1.79. The van der Waals surface area contributed by atoms with E-state index in [0.29, 0.717) is 16.9 Å². The van der Waals surface area contributed by atoms with Crippen molar-refractivity contribution in [3.05, 3.63) is 96.6 Å². The number of pyridine rings is 4. The molecule has 2 fully saturated rings. The van der Waals surface area contributed by atoms with Gasteiger partial charge < -0.3 is 15.1 Å². The van der Waals surface area contributed by atoms with Crippen LogP contribution in [0.5, 0.6) is 0 Å². The number of hydrogen-bond acceptors (Lipinski definition) is 11. The van der Waals surface area contributed by atoms with Gasteiger partial charge in [-0.15, -0.1) is 5.10 Å². The Hall–Kier alpha value is -5.37. The van der Waals surface area contributed by atoms with Crippen molar-refractivity contribution in [3.63, 3.8) is 0 Å². The van der Waals surface area contributed by atoms with Crippen molar-refractivity contribution in [1.29, 1.82) is 0 Å². The molecular formula is C45H54ClN13. The summed E-state index contributed by atoms with van der Waals surface area (Å²) in [6, 6.07) is 13.6. The molecule has 0 saturated carbocycles. The average molecular weight is 812 g/mol. The number of rotatable bonds is 13. The smallest absolute Gasteiger partial charge is 0.154 e. The molecular weight excluding hydrogens is 758 g/mol. The zero-order valence-corrected chi connectivity index (χ0v) is 35.0. The Balaban J connectivity index is 0.000000172. The van der Waals surface area contributed by atoms with Crippen LogP contribution in [0.4, 0.5) is 11.6 Å². The quantitative estimate of drug-likeness (QED) is 0.112. The molecule has 2 aliphatic heterocycles. The fourth-order valence-electron chi connectivity index (χ4n) is 7.81. The van der Waals surface area contributed by atoms with Crippen LogP contribution < -0.4 is 5.32 Å². The largest absolute Gasteiger partial charge is 0.323 e. The highest BCUT2D eigenvalue weighted by molar-refractivity contribution is 6.29. The zero-order chi connectivity index (χ0) is 40.4. The van der Waals surface area contributed by atoms with Crippen molar-refractivity contribution in [2.45, 2.75) is 84.2 Å². The number of aryl methyl sites for hydroxylation is 2. The predicted octanol–water partition coefficient (Wildman–Crippen LogP) is 9.05. The van der Waals surface area contributed by atoms with Crippen LogP contribution in [-0.4, -0.2) is 98.8 Å². The van der Waals surface area contributed by atoms with Gasteiger partial charge in [0.15, 0.2) is 5.82 Å². The zero-order valence-electron chi connectivity index (χ0n) is 34.2. The molecule has 0 radical (unpaired) electrons. The summed E-state index contributed by atoms with van der Waals surface area (Å²) in [7, 11) is 0. The second kappa shape index (κ2) is 19.6. The van der Waals surface area contributed by atoms with Gasteiger partial charge in [0.05, 0.1) is 40.7 Å². The van der Waals surface area contributed by atoms with Crippen LogP contribution in [-0.2, 0) is 13.1 Å². The van der Waals surface area contributed by atoms with E-state index in [-0.39, 0.29) is 0 Å². The van der Waals surface area contributed by atoms with Gasteiger partial charge in [-0.3, -0.25) is 19.3 Å². The molecule has 0 unspecified atom stereocenters. The third-order valence-electron chi connectivity index (χ3n) is 11.2. The van der Waals surface area contributed by atoms with Gasteiger partial charge in [-0.1, -0.05) is 38.3 Å². The van der Waals surface area contributed by atoms with Crippen LogP contribution in [0.25, 0.3) is 44.3 Å². The molecule has 7 aromatic rings. The maximum Gasteiger partial charge on any atom is 0.154 e. The minimum atomic E-state index is 0.387. The number of nitrogens with one attached hydrogen (secondary N) is 1. The Morgan fingerprint density at radius 1 is 0.576 bits per heavy atom. The number of anilines is 2. The number of nitrogens with zero attached hydrogens (tertiary/aromatic N) is 12. The van der Waals surface area contributed by atoms with E-state index in [1.807, 2.05) is 64.5 Å². The van der Waals surface area contributed by atoms with E-state index >= 15 is 0 Å². The monoisotopic (exact) mass is 811 g/mol. The van der Waals surface area contributed by atoms with Gasteiger partial charge in [-0.2, -0.15) is 15.3 Å². The standard InChI is InChI=1S/C26H32N8.C19H22ClN5/c1-19(2)20-14-26(32-28-16-20)31-25-8-7-23-24(30-25)13-21(15-27-23)22-17-29-34(18-22)12-6-11-33-9-4-3-5-10-33;20-19-6-5-17-18(23-19)11-15(12-21-17)16-13-22-25(14-16)10-4-9-24-7-2-1-3-8-24/h7-8,13-19H,3-6,9-12H2,1-2H3,(H,30,31,32);5-6,11-14H,1-4,7-10H2. The lowest BCUT2D eigenvalue weighted by Gasteiger charge is -2.26. The topological polar surface area (TPSA) is 131 Å².